The number of hydrogen-bond acceptors (Lipinski definition) is 4. The Morgan fingerprint density at radius 1 is 1.12 bits per heavy atom. The van der Waals surface area contributed by atoms with Gasteiger partial charge in [-0.15, -0.1) is 35.7 Å². The van der Waals surface area contributed by atoms with Gasteiger partial charge in [-0.05, 0) is 36.4 Å². The number of nitrogens with two attached hydrogens (primary N) is 1. The van der Waals surface area contributed by atoms with Gasteiger partial charge in [-0.1, -0.05) is 18.2 Å². The molecule has 0 unspecified atom stereocenters. The van der Waals surface area contributed by atoms with Crippen LogP contribution < -0.4 is 20.5 Å². The van der Waals surface area contributed by atoms with Crippen molar-refractivity contribution in [2.75, 3.05) is 31.8 Å². The molecule has 7 heteroatoms. The quantitative estimate of drug-likeness (QED) is 0.198. The van der Waals surface area contributed by atoms with Crippen LogP contribution in [0.15, 0.2) is 58.4 Å². The summed E-state index contributed by atoms with van der Waals surface area (Å²) in [6.07, 6.45) is 0.956. The van der Waals surface area contributed by atoms with Gasteiger partial charge in [0.2, 0.25) is 0 Å². The molecule has 0 radical (unpaired) electrons. The van der Waals surface area contributed by atoms with E-state index < -0.39 is 0 Å². The van der Waals surface area contributed by atoms with Crippen molar-refractivity contribution < 1.29 is 9.47 Å². The van der Waals surface area contributed by atoms with E-state index in [1.807, 2.05) is 48.2 Å². The second-order valence-electron chi connectivity index (χ2n) is 4.97. The number of guanidine groups is 1. The fourth-order valence-electron chi connectivity index (χ4n) is 2.06. The van der Waals surface area contributed by atoms with Crippen LogP contribution in [-0.4, -0.2) is 32.5 Å². The SMILES string of the molecule is COc1ccc(OC)c(NC(N)=NCCCSc2ccccc2)c1.I. The largest absolute Gasteiger partial charge is 0.497 e. The molecular weight excluding hydrogens is 449 g/mol. The molecule has 0 atom stereocenters. The van der Waals surface area contributed by atoms with Crippen molar-refractivity contribution in [3.63, 3.8) is 0 Å². The van der Waals surface area contributed by atoms with Gasteiger partial charge in [-0.3, -0.25) is 4.99 Å². The summed E-state index contributed by atoms with van der Waals surface area (Å²) in [5.74, 6) is 2.79. The van der Waals surface area contributed by atoms with E-state index in [2.05, 4.69) is 22.4 Å². The van der Waals surface area contributed by atoms with E-state index in [0.29, 0.717) is 18.3 Å². The Morgan fingerprint density at radius 2 is 1.88 bits per heavy atom. The monoisotopic (exact) mass is 473 g/mol. The van der Waals surface area contributed by atoms with Crippen LogP contribution in [0.2, 0.25) is 0 Å². The standard InChI is InChI=1S/C18H23N3O2S.HI/c1-22-14-9-10-17(23-2)16(13-14)21-18(19)20-11-6-12-24-15-7-4-3-5-8-15;/h3-5,7-10,13H,6,11-12H2,1-2H3,(H3,19,20,21);1H. The normalized spacial score (nSPS) is 10.7. The highest BCUT2D eigenvalue weighted by molar-refractivity contribution is 14.0. The third kappa shape index (κ3) is 7.43. The van der Waals surface area contributed by atoms with E-state index in [1.165, 1.54) is 4.90 Å². The van der Waals surface area contributed by atoms with Gasteiger partial charge in [0.25, 0.3) is 0 Å². The molecule has 5 nitrogen and oxygen atoms in total. The number of hydrogen-bond donors (Lipinski definition) is 2. The number of benzene rings is 2. The molecule has 0 saturated heterocycles. The summed E-state index contributed by atoms with van der Waals surface area (Å²) in [6, 6.07) is 15.8. The molecule has 2 rings (SSSR count). The summed E-state index contributed by atoms with van der Waals surface area (Å²) in [6.45, 7) is 0.672. The first-order valence-electron chi connectivity index (χ1n) is 7.69. The van der Waals surface area contributed by atoms with Crippen molar-refractivity contribution in [3.8, 4) is 11.5 Å². The summed E-state index contributed by atoms with van der Waals surface area (Å²) in [7, 11) is 3.23. The van der Waals surface area contributed by atoms with E-state index in [9.17, 15) is 0 Å². The van der Waals surface area contributed by atoms with Gasteiger partial charge in [0, 0.05) is 17.5 Å². The lowest BCUT2D eigenvalue weighted by atomic mass is 10.2. The van der Waals surface area contributed by atoms with Gasteiger partial charge in [-0.25, -0.2) is 0 Å². The van der Waals surface area contributed by atoms with Crippen molar-refractivity contribution in [1.29, 1.82) is 0 Å². The molecular formula is C18H24IN3O2S. The highest BCUT2D eigenvalue weighted by Gasteiger charge is 2.05. The summed E-state index contributed by atoms with van der Waals surface area (Å²) in [5, 5.41) is 3.06. The number of nitrogens with zero attached hydrogens (tertiary/aromatic N) is 1. The summed E-state index contributed by atoms with van der Waals surface area (Å²) in [4.78, 5) is 5.63. The number of halogens is 1. The van der Waals surface area contributed by atoms with Crippen LogP contribution >= 0.6 is 35.7 Å². The van der Waals surface area contributed by atoms with Crippen molar-refractivity contribution >= 4 is 47.4 Å². The van der Waals surface area contributed by atoms with Crippen LogP contribution in [0.1, 0.15) is 6.42 Å². The maximum absolute atomic E-state index is 5.95. The zero-order valence-corrected chi connectivity index (χ0v) is 17.5. The number of ether oxygens (including phenoxy) is 2. The molecule has 2 aromatic carbocycles. The smallest absolute Gasteiger partial charge is 0.193 e. The van der Waals surface area contributed by atoms with E-state index in [4.69, 9.17) is 15.2 Å². The molecule has 3 N–H and O–H groups in total. The second-order valence-corrected chi connectivity index (χ2v) is 6.14. The number of methoxy groups -OCH3 is 2. The Balaban J connectivity index is 0.00000312. The van der Waals surface area contributed by atoms with E-state index in [1.54, 1.807) is 14.2 Å². The van der Waals surface area contributed by atoms with Crippen molar-refractivity contribution in [2.45, 2.75) is 11.3 Å². The van der Waals surface area contributed by atoms with Crippen LogP contribution in [-0.2, 0) is 0 Å². The summed E-state index contributed by atoms with van der Waals surface area (Å²) >= 11 is 1.82. The predicted octanol–water partition coefficient (Wildman–Crippen LogP) is 4.23. The second kappa shape index (κ2) is 11.9. The number of nitrogens with one attached hydrogen (secondary N) is 1. The number of anilines is 1. The first-order valence-corrected chi connectivity index (χ1v) is 8.68. The Kier molecular flexibility index (Phi) is 10.2. The maximum atomic E-state index is 5.95. The van der Waals surface area contributed by atoms with Crippen LogP contribution in [0.25, 0.3) is 0 Å². The Hall–Kier alpha value is -1.61. The Labute approximate surface area is 170 Å². The van der Waals surface area contributed by atoms with E-state index >= 15 is 0 Å². The average Bonchev–Trinajstić information content (AvgIpc) is 2.62. The highest BCUT2D eigenvalue weighted by atomic mass is 127. The molecule has 2 aromatic rings. The fourth-order valence-corrected chi connectivity index (χ4v) is 2.92. The van der Waals surface area contributed by atoms with Crippen molar-refractivity contribution in [1.82, 2.24) is 0 Å². The zero-order valence-electron chi connectivity index (χ0n) is 14.4. The first kappa shape index (κ1) is 21.4. The minimum atomic E-state index is 0. The van der Waals surface area contributed by atoms with E-state index in [0.717, 1.165) is 23.6 Å². The lowest BCUT2D eigenvalue weighted by Gasteiger charge is -2.12. The van der Waals surface area contributed by atoms with Crippen LogP contribution in [0, 0.1) is 0 Å². The first-order chi connectivity index (χ1) is 11.7. The minimum Gasteiger partial charge on any atom is -0.497 e. The van der Waals surface area contributed by atoms with Gasteiger partial charge >= 0.3 is 0 Å². The van der Waals surface area contributed by atoms with Gasteiger partial charge in [0.1, 0.15) is 11.5 Å². The fraction of sp³-hybridized carbons (Fsp3) is 0.278. The highest BCUT2D eigenvalue weighted by Crippen LogP contribution is 2.28. The Morgan fingerprint density at radius 3 is 2.56 bits per heavy atom. The third-order valence-electron chi connectivity index (χ3n) is 3.27. The number of rotatable bonds is 8. The third-order valence-corrected chi connectivity index (χ3v) is 4.36. The molecule has 136 valence electrons. The molecule has 0 fully saturated rings. The molecule has 0 spiro atoms. The molecule has 0 aliphatic carbocycles. The molecule has 0 heterocycles. The molecule has 0 aromatic heterocycles. The van der Waals surface area contributed by atoms with Gasteiger partial charge in [0.15, 0.2) is 5.96 Å². The summed E-state index contributed by atoms with van der Waals surface area (Å²) < 4.78 is 10.5. The van der Waals surface area contributed by atoms with E-state index in [-0.39, 0.29) is 24.0 Å². The zero-order chi connectivity index (χ0) is 17.2. The molecule has 0 aliphatic rings. The molecule has 0 saturated carbocycles. The van der Waals surface area contributed by atoms with Crippen molar-refractivity contribution in [2.24, 2.45) is 10.7 Å². The average molecular weight is 473 g/mol. The van der Waals surface area contributed by atoms with Gasteiger partial charge in [-0.2, -0.15) is 0 Å². The van der Waals surface area contributed by atoms with Crippen LogP contribution in [0.5, 0.6) is 11.5 Å². The number of thioether (sulfide) groups is 1. The lowest BCUT2D eigenvalue weighted by molar-refractivity contribution is 0.405. The van der Waals surface area contributed by atoms with Gasteiger partial charge in [0.05, 0.1) is 19.9 Å². The van der Waals surface area contributed by atoms with Crippen molar-refractivity contribution in [3.05, 3.63) is 48.5 Å². The van der Waals surface area contributed by atoms with Gasteiger partial charge < -0.3 is 20.5 Å². The molecule has 0 amide bonds. The summed E-state index contributed by atoms with van der Waals surface area (Å²) in [5.41, 5.74) is 6.68. The number of aliphatic imine (C=N–C) groups is 1. The minimum absolute atomic E-state index is 0. The predicted molar refractivity (Wildman–Crippen MR) is 117 cm³/mol. The molecule has 0 bridgehead atoms. The molecule has 0 aliphatic heterocycles. The van der Waals surface area contributed by atoms with Crippen LogP contribution in [0.4, 0.5) is 5.69 Å². The molecule has 25 heavy (non-hydrogen) atoms. The maximum Gasteiger partial charge on any atom is 0.193 e. The lowest BCUT2D eigenvalue weighted by Crippen LogP contribution is -2.23. The van der Waals surface area contributed by atoms with Crippen LogP contribution in [0.3, 0.4) is 0 Å². The Bertz CT molecular complexity index is 669. The topological polar surface area (TPSA) is 68.9 Å².